The third-order valence-corrected chi connectivity index (χ3v) is 5.98. The number of allylic oxidation sites excluding steroid dienone is 1. The fourth-order valence-electron chi connectivity index (χ4n) is 4.21. The third kappa shape index (κ3) is 7.54. The monoisotopic (exact) mass is 441 g/mol. The van der Waals surface area contributed by atoms with Crippen molar-refractivity contribution in [1.29, 1.82) is 0 Å². The molecular formula is C22H39N3O6. The molecule has 1 saturated heterocycles. The highest BCUT2D eigenvalue weighted by Crippen LogP contribution is 2.49. The minimum atomic E-state index is -0.747. The quantitative estimate of drug-likeness (QED) is 0.366. The number of carbonyl (C=O) groups excluding carboxylic acids is 2. The SMILES string of the molecule is CNCCN(C)CC(=O)NC(=O)OC1CC[C@]2(CO2)C([C@H](C)OCC=C(C)C)C1OC. The maximum Gasteiger partial charge on any atom is 0.414 e. The summed E-state index contributed by atoms with van der Waals surface area (Å²) in [4.78, 5) is 26.3. The summed E-state index contributed by atoms with van der Waals surface area (Å²) in [7, 11) is 5.28. The van der Waals surface area contributed by atoms with Gasteiger partial charge < -0.3 is 24.3 Å². The number of hydrogen-bond acceptors (Lipinski definition) is 8. The van der Waals surface area contributed by atoms with Crippen molar-refractivity contribution in [3.05, 3.63) is 11.6 Å². The van der Waals surface area contributed by atoms with Crippen molar-refractivity contribution in [2.45, 2.75) is 57.5 Å². The van der Waals surface area contributed by atoms with Crippen molar-refractivity contribution in [2.24, 2.45) is 5.92 Å². The van der Waals surface area contributed by atoms with Crippen LogP contribution in [-0.2, 0) is 23.7 Å². The van der Waals surface area contributed by atoms with Gasteiger partial charge in [0.1, 0.15) is 12.2 Å². The van der Waals surface area contributed by atoms with Gasteiger partial charge in [-0.3, -0.25) is 15.0 Å². The van der Waals surface area contributed by atoms with Gasteiger partial charge in [0.05, 0.1) is 31.5 Å². The van der Waals surface area contributed by atoms with Crippen LogP contribution in [0.25, 0.3) is 0 Å². The predicted octanol–water partition coefficient (Wildman–Crippen LogP) is 1.32. The first kappa shape index (κ1) is 25.7. The van der Waals surface area contributed by atoms with Gasteiger partial charge in [-0.25, -0.2) is 4.79 Å². The Hall–Kier alpha value is -1.52. The van der Waals surface area contributed by atoms with Crippen LogP contribution in [-0.4, -0.2) is 94.9 Å². The van der Waals surface area contributed by atoms with Crippen molar-refractivity contribution in [2.75, 3.05) is 54.1 Å². The average molecular weight is 442 g/mol. The van der Waals surface area contributed by atoms with Crippen LogP contribution in [0.4, 0.5) is 4.79 Å². The molecule has 1 spiro atoms. The van der Waals surface area contributed by atoms with Gasteiger partial charge in [0.2, 0.25) is 5.91 Å². The highest BCUT2D eigenvalue weighted by atomic mass is 16.6. The Morgan fingerprint density at radius 3 is 2.65 bits per heavy atom. The van der Waals surface area contributed by atoms with E-state index >= 15 is 0 Å². The van der Waals surface area contributed by atoms with Crippen LogP contribution in [0.2, 0.25) is 0 Å². The van der Waals surface area contributed by atoms with Crippen LogP contribution in [0.1, 0.15) is 33.6 Å². The number of epoxide rings is 1. The smallest absolute Gasteiger partial charge is 0.414 e. The molecule has 1 heterocycles. The Morgan fingerprint density at radius 1 is 1.35 bits per heavy atom. The molecule has 9 heteroatoms. The summed E-state index contributed by atoms with van der Waals surface area (Å²) in [5.41, 5.74) is 0.906. The molecule has 0 aromatic heterocycles. The van der Waals surface area contributed by atoms with E-state index in [0.29, 0.717) is 26.2 Å². The number of nitrogens with zero attached hydrogens (tertiary/aromatic N) is 1. The summed E-state index contributed by atoms with van der Waals surface area (Å²) in [6.07, 6.45) is 1.66. The molecule has 2 N–H and O–H groups in total. The van der Waals surface area contributed by atoms with Crippen molar-refractivity contribution in [3.8, 4) is 0 Å². The number of alkyl carbamates (subject to hydrolysis) is 1. The molecule has 1 aliphatic carbocycles. The number of imide groups is 1. The highest BCUT2D eigenvalue weighted by Gasteiger charge is 2.61. The molecule has 5 atom stereocenters. The zero-order valence-electron chi connectivity index (χ0n) is 19.7. The lowest BCUT2D eigenvalue weighted by Gasteiger charge is -2.42. The third-order valence-electron chi connectivity index (χ3n) is 5.98. The van der Waals surface area contributed by atoms with E-state index in [1.54, 1.807) is 7.11 Å². The number of likely N-dealkylation sites (N-methyl/N-ethyl adjacent to an activating group) is 2. The molecule has 178 valence electrons. The molecule has 0 bridgehead atoms. The van der Waals surface area contributed by atoms with E-state index in [4.69, 9.17) is 18.9 Å². The van der Waals surface area contributed by atoms with Crippen molar-refractivity contribution in [3.63, 3.8) is 0 Å². The number of amides is 2. The van der Waals surface area contributed by atoms with E-state index in [1.165, 1.54) is 5.57 Å². The molecule has 9 nitrogen and oxygen atoms in total. The molecule has 0 aromatic rings. The van der Waals surface area contributed by atoms with Crippen LogP contribution < -0.4 is 10.6 Å². The van der Waals surface area contributed by atoms with Gasteiger partial charge >= 0.3 is 6.09 Å². The van der Waals surface area contributed by atoms with E-state index in [1.807, 2.05) is 45.8 Å². The van der Waals surface area contributed by atoms with Gasteiger partial charge in [-0.1, -0.05) is 11.6 Å². The van der Waals surface area contributed by atoms with Gasteiger partial charge in [-0.05, 0) is 47.7 Å². The lowest BCUT2D eigenvalue weighted by molar-refractivity contribution is -0.139. The average Bonchev–Trinajstić information content (AvgIpc) is 3.46. The fourth-order valence-corrected chi connectivity index (χ4v) is 4.21. The van der Waals surface area contributed by atoms with E-state index < -0.39 is 18.1 Å². The van der Waals surface area contributed by atoms with Gasteiger partial charge in [-0.2, -0.15) is 0 Å². The number of carbonyl (C=O) groups is 2. The Balaban J connectivity index is 1.94. The van der Waals surface area contributed by atoms with Gasteiger partial charge in [0, 0.05) is 26.1 Å². The first-order valence-electron chi connectivity index (χ1n) is 11.0. The Kier molecular flexibility index (Phi) is 9.90. The largest absolute Gasteiger partial charge is 0.443 e. The Labute approximate surface area is 185 Å². The van der Waals surface area contributed by atoms with Gasteiger partial charge in [0.25, 0.3) is 0 Å². The van der Waals surface area contributed by atoms with Gasteiger partial charge in [-0.15, -0.1) is 0 Å². The lowest BCUT2D eigenvalue weighted by atomic mass is 9.73. The summed E-state index contributed by atoms with van der Waals surface area (Å²) >= 11 is 0. The summed E-state index contributed by atoms with van der Waals surface area (Å²) in [5, 5.41) is 5.34. The van der Waals surface area contributed by atoms with Crippen LogP contribution in [0.3, 0.4) is 0 Å². The molecule has 1 aliphatic heterocycles. The first-order valence-corrected chi connectivity index (χ1v) is 11.0. The molecule has 0 radical (unpaired) electrons. The first-order chi connectivity index (χ1) is 14.7. The number of hydrogen-bond donors (Lipinski definition) is 2. The van der Waals surface area contributed by atoms with Gasteiger partial charge in [0.15, 0.2) is 0 Å². The molecule has 2 aliphatic rings. The number of methoxy groups -OCH3 is 1. The lowest BCUT2D eigenvalue weighted by Crippen LogP contribution is -2.55. The van der Waals surface area contributed by atoms with Crippen LogP contribution in [0, 0.1) is 5.92 Å². The molecular weight excluding hydrogens is 402 g/mol. The summed E-state index contributed by atoms with van der Waals surface area (Å²) in [6.45, 7) is 8.79. The maximum absolute atomic E-state index is 12.4. The van der Waals surface area contributed by atoms with Crippen LogP contribution in [0.15, 0.2) is 11.6 Å². The second kappa shape index (κ2) is 11.9. The zero-order valence-corrected chi connectivity index (χ0v) is 19.7. The van der Waals surface area contributed by atoms with E-state index in [-0.39, 0.29) is 30.3 Å². The Morgan fingerprint density at radius 2 is 2.06 bits per heavy atom. The second-order valence-corrected chi connectivity index (χ2v) is 8.77. The molecule has 1 saturated carbocycles. The molecule has 2 amide bonds. The number of nitrogens with one attached hydrogen (secondary N) is 2. The van der Waals surface area contributed by atoms with Crippen LogP contribution >= 0.6 is 0 Å². The second-order valence-electron chi connectivity index (χ2n) is 8.77. The van der Waals surface area contributed by atoms with E-state index in [9.17, 15) is 9.59 Å². The molecule has 3 unspecified atom stereocenters. The summed E-state index contributed by atoms with van der Waals surface area (Å²) < 4.78 is 23.3. The van der Waals surface area contributed by atoms with Crippen molar-refractivity contribution in [1.82, 2.24) is 15.5 Å². The molecule has 31 heavy (non-hydrogen) atoms. The topological polar surface area (TPSA) is 102 Å². The minimum Gasteiger partial charge on any atom is -0.443 e. The minimum absolute atomic E-state index is 0.0713. The fraction of sp³-hybridized carbons (Fsp3) is 0.818. The number of rotatable bonds is 11. The summed E-state index contributed by atoms with van der Waals surface area (Å²) in [5.74, 6) is -0.469. The molecule has 2 rings (SSSR count). The highest BCUT2D eigenvalue weighted by molar-refractivity contribution is 5.92. The molecule has 0 aromatic carbocycles. The van der Waals surface area contributed by atoms with Crippen molar-refractivity contribution >= 4 is 12.0 Å². The zero-order chi connectivity index (χ0) is 23.0. The van der Waals surface area contributed by atoms with Crippen LogP contribution in [0.5, 0.6) is 0 Å². The summed E-state index contributed by atoms with van der Waals surface area (Å²) in [6, 6.07) is 0. The molecule has 2 fully saturated rings. The normalized spacial score (nSPS) is 28.3. The standard InChI is InChI=1S/C22H39N3O6/c1-15(2)8-12-29-16(3)19-20(28-6)17(7-9-22(19)14-30-22)31-21(27)24-18(26)13-25(5)11-10-23-4/h8,16-17,19-20,23H,7,9-14H2,1-6H3,(H,24,26,27)/t16-,17?,19?,20?,22-/m0/s1. The Bertz CT molecular complexity index is 633. The van der Waals surface area contributed by atoms with E-state index in [0.717, 1.165) is 13.0 Å². The van der Waals surface area contributed by atoms with Crippen molar-refractivity contribution < 1.29 is 28.5 Å². The van der Waals surface area contributed by atoms with E-state index in [2.05, 4.69) is 10.6 Å². The maximum atomic E-state index is 12.4. The number of ether oxygens (including phenoxy) is 4. The predicted molar refractivity (Wildman–Crippen MR) is 117 cm³/mol.